The van der Waals surface area contributed by atoms with Crippen molar-refractivity contribution in [3.05, 3.63) is 23.3 Å². The number of hydrogen-bond donors (Lipinski definition) is 1. The predicted octanol–water partition coefficient (Wildman–Crippen LogP) is 2.29. The number of rotatable bonds is 4. The molecule has 0 aliphatic rings. The molecular weight excluding hydrogens is 190 g/mol. The van der Waals surface area contributed by atoms with Gasteiger partial charge in [-0.05, 0) is 25.0 Å². The third kappa shape index (κ3) is 2.23. The molecule has 0 aliphatic heterocycles. The van der Waals surface area contributed by atoms with E-state index in [-0.39, 0.29) is 6.04 Å². The van der Waals surface area contributed by atoms with Gasteiger partial charge in [0, 0.05) is 11.6 Å². The molecule has 0 fully saturated rings. The van der Waals surface area contributed by atoms with Crippen molar-refractivity contribution in [2.75, 3.05) is 14.2 Å². The van der Waals surface area contributed by atoms with Crippen LogP contribution in [0.3, 0.4) is 0 Å². The van der Waals surface area contributed by atoms with Crippen molar-refractivity contribution in [1.29, 1.82) is 0 Å². The van der Waals surface area contributed by atoms with E-state index in [0.29, 0.717) is 0 Å². The number of methoxy groups -OCH3 is 2. The van der Waals surface area contributed by atoms with Gasteiger partial charge >= 0.3 is 0 Å². The molecule has 1 rings (SSSR count). The third-order valence-corrected chi connectivity index (χ3v) is 2.51. The highest BCUT2D eigenvalue weighted by Crippen LogP contribution is 2.36. The Balaban J connectivity index is 3.37. The lowest BCUT2D eigenvalue weighted by Gasteiger charge is -2.18. The Morgan fingerprint density at radius 3 is 2.33 bits per heavy atom. The molecule has 0 radical (unpaired) electrons. The van der Waals surface area contributed by atoms with Gasteiger partial charge < -0.3 is 15.2 Å². The largest absolute Gasteiger partial charge is 0.493 e. The van der Waals surface area contributed by atoms with Crippen molar-refractivity contribution in [3.8, 4) is 11.5 Å². The molecule has 1 aromatic carbocycles. The van der Waals surface area contributed by atoms with Crippen LogP contribution in [-0.2, 0) is 6.42 Å². The zero-order valence-corrected chi connectivity index (χ0v) is 9.83. The van der Waals surface area contributed by atoms with E-state index in [0.717, 1.165) is 23.5 Å². The normalized spacial score (nSPS) is 12.3. The minimum Gasteiger partial charge on any atom is -0.493 e. The minimum atomic E-state index is -0.0509. The lowest BCUT2D eigenvalue weighted by Crippen LogP contribution is -2.11. The van der Waals surface area contributed by atoms with E-state index in [4.69, 9.17) is 15.2 Å². The fourth-order valence-corrected chi connectivity index (χ4v) is 1.80. The van der Waals surface area contributed by atoms with Gasteiger partial charge in [-0.15, -0.1) is 0 Å². The molecule has 84 valence electrons. The van der Waals surface area contributed by atoms with Crippen LogP contribution in [0.15, 0.2) is 12.1 Å². The second kappa shape index (κ2) is 5.03. The van der Waals surface area contributed by atoms with Gasteiger partial charge in [-0.2, -0.15) is 0 Å². The molecule has 1 atom stereocenters. The highest BCUT2D eigenvalue weighted by atomic mass is 16.5. The Bertz CT molecular complexity index is 335. The van der Waals surface area contributed by atoms with Crippen LogP contribution in [0.2, 0.25) is 0 Å². The average molecular weight is 209 g/mol. The Morgan fingerprint density at radius 1 is 1.27 bits per heavy atom. The molecule has 0 heterocycles. The van der Waals surface area contributed by atoms with Gasteiger partial charge in [0.1, 0.15) is 0 Å². The number of ether oxygens (including phenoxy) is 2. The molecule has 0 amide bonds. The highest BCUT2D eigenvalue weighted by Gasteiger charge is 2.16. The van der Waals surface area contributed by atoms with Crippen LogP contribution in [0.25, 0.3) is 0 Å². The topological polar surface area (TPSA) is 44.5 Å². The van der Waals surface area contributed by atoms with E-state index < -0.39 is 0 Å². The lowest BCUT2D eigenvalue weighted by atomic mass is 9.98. The summed E-state index contributed by atoms with van der Waals surface area (Å²) in [5.41, 5.74) is 8.21. The van der Waals surface area contributed by atoms with Crippen LogP contribution >= 0.6 is 0 Å². The molecule has 1 unspecified atom stereocenters. The van der Waals surface area contributed by atoms with Gasteiger partial charge in [0.15, 0.2) is 11.5 Å². The van der Waals surface area contributed by atoms with Crippen molar-refractivity contribution in [2.24, 2.45) is 5.73 Å². The highest BCUT2D eigenvalue weighted by molar-refractivity contribution is 5.52. The van der Waals surface area contributed by atoms with Crippen LogP contribution in [0.4, 0.5) is 0 Å². The molecule has 3 nitrogen and oxygen atoms in total. The number of hydrogen-bond acceptors (Lipinski definition) is 3. The monoisotopic (exact) mass is 209 g/mol. The molecule has 0 bridgehead atoms. The van der Waals surface area contributed by atoms with Crippen molar-refractivity contribution in [3.63, 3.8) is 0 Å². The predicted molar refractivity (Wildman–Crippen MR) is 61.5 cm³/mol. The minimum absolute atomic E-state index is 0.0509. The summed E-state index contributed by atoms with van der Waals surface area (Å²) in [6.07, 6.45) is 0.942. The van der Waals surface area contributed by atoms with Crippen LogP contribution in [0.1, 0.15) is 31.0 Å². The van der Waals surface area contributed by atoms with Gasteiger partial charge in [0.05, 0.1) is 14.2 Å². The summed E-state index contributed by atoms with van der Waals surface area (Å²) in [4.78, 5) is 0. The number of aryl methyl sites for hydroxylation is 1. The maximum Gasteiger partial charge on any atom is 0.165 e. The molecular formula is C12H19NO2. The Kier molecular flexibility index (Phi) is 3.97. The third-order valence-electron chi connectivity index (χ3n) is 2.51. The van der Waals surface area contributed by atoms with E-state index in [1.807, 2.05) is 19.1 Å². The zero-order chi connectivity index (χ0) is 11.4. The first kappa shape index (κ1) is 11.9. The van der Waals surface area contributed by atoms with E-state index in [1.165, 1.54) is 5.56 Å². The Hall–Kier alpha value is -1.22. The Labute approximate surface area is 91.2 Å². The molecule has 0 aliphatic carbocycles. The molecule has 0 saturated heterocycles. The van der Waals surface area contributed by atoms with E-state index in [1.54, 1.807) is 14.2 Å². The lowest BCUT2D eigenvalue weighted by molar-refractivity contribution is 0.349. The first-order valence-electron chi connectivity index (χ1n) is 5.15. The van der Waals surface area contributed by atoms with Gasteiger partial charge in [0.25, 0.3) is 0 Å². The van der Waals surface area contributed by atoms with Gasteiger partial charge in [-0.1, -0.05) is 13.0 Å². The van der Waals surface area contributed by atoms with Gasteiger partial charge in [-0.25, -0.2) is 0 Å². The molecule has 2 N–H and O–H groups in total. The molecule has 15 heavy (non-hydrogen) atoms. The summed E-state index contributed by atoms with van der Waals surface area (Å²) in [6, 6.07) is 3.91. The fraction of sp³-hybridized carbons (Fsp3) is 0.500. The van der Waals surface area contributed by atoms with Gasteiger partial charge in [0.2, 0.25) is 0 Å². The number of nitrogens with two attached hydrogens (primary N) is 1. The smallest absolute Gasteiger partial charge is 0.165 e. The first-order chi connectivity index (χ1) is 7.15. The van der Waals surface area contributed by atoms with E-state index >= 15 is 0 Å². The second-order valence-electron chi connectivity index (χ2n) is 3.52. The summed E-state index contributed by atoms with van der Waals surface area (Å²) in [7, 11) is 3.28. The molecule has 1 aromatic rings. The van der Waals surface area contributed by atoms with Crippen molar-refractivity contribution >= 4 is 0 Å². The Morgan fingerprint density at radius 2 is 1.93 bits per heavy atom. The van der Waals surface area contributed by atoms with Crippen LogP contribution in [0.5, 0.6) is 11.5 Å². The van der Waals surface area contributed by atoms with Crippen molar-refractivity contribution in [1.82, 2.24) is 0 Å². The maximum absolute atomic E-state index is 5.95. The van der Waals surface area contributed by atoms with Crippen LogP contribution in [-0.4, -0.2) is 14.2 Å². The van der Waals surface area contributed by atoms with Crippen LogP contribution < -0.4 is 15.2 Å². The maximum atomic E-state index is 5.95. The molecule has 3 heteroatoms. The summed E-state index contributed by atoms with van der Waals surface area (Å²) < 4.78 is 10.6. The average Bonchev–Trinajstić information content (AvgIpc) is 2.26. The second-order valence-corrected chi connectivity index (χ2v) is 3.52. The van der Waals surface area contributed by atoms with E-state index in [2.05, 4.69) is 6.92 Å². The quantitative estimate of drug-likeness (QED) is 0.827. The summed E-state index contributed by atoms with van der Waals surface area (Å²) in [6.45, 7) is 4.06. The standard InChI is InChI=1S/C12H19NO2/c1-5-9-6-7-10(14-3)12(15-4)11(9)8(2)13/h6-8H,5,13H2,1-4H3. The molecule has 0 spiro atoms. The summed E-state index contributed by atoms with van der Waals surface area (Å²) in [5, 5.41) is 0. The van der Waals surface area contributed by atoms with E-state index in [9.17, 15) is 0 Å². The van der Waals surface area contributed by atoms with Crippen molar-refractivity contribution in [2.45, 2.75) is 26.3 Å². The van der Waals surface area contributed by atoms with Gasteiger partial charge in [-0.3, -0.25) is 0 Å². The SMILES string of the molecule is CCc1ccc(OC)c(OC)c1C(C)N. The summed E-state index contributed by atoms with van der Waals surface area (Å²) >= 11 is 0. The molecule has 0 aromatic heterocycles. The van der Waals surface area contributed by atoms with Crippen molar-refractivity contribution < 1.29 is 9.47 Å². The molecule has 0 saturated carbocycles. The fourth-order valence-electron chi connectivity index (χ4n) is 1.80. The summed E-state index contributed by atoms with van der Waals surface area (Å²) in [5.74, 6) is 1.49. The zero-order valence-electron chi connectivity index (χ0n) is 9.83. The first-order valence-corrected chi connectivity index (χ1v) is 5.15. The van der Waals surface area contributed by atoms with Crippen LogP contribution in [0, 0.1) is 0 Å². The number of benzene rings is 1.